The van der Waals surface area contributed by atoms with Gasteiger partial charge < -0.3 is 0 Å². The summed E-state index contributed by atoms with van der Waals surface area (Å²) >= 11 is 0. The van der Waals surface area contributed by atoms with E-state index in [0.29, 0.717) is 36.4 Å². The van der Waals surface area contributed by atoms with Gasteiger partial charge in [0.1, 0.15) is 5.69 Å². The molecule has 0 unspecified atom stereocenters. The molecule has 0 heterocycles. The number of nitro benzene ring substituents is 1. The Bertz CT molecular complexity index is 880. The lowest BCUT2D eigenvalue weighted by molar-refractivity contribution is -0.484. The highest BCUT2D eigenvalue weighted by Gasteiger charge is 2.37. The summed E-state index contributed by atoms with van der Waals surface area (Å²) < 4.78 is 75.9. The van der Waals surface area contributed by atoms with E-state index < -0.39 is 50.5 Å². The van der Waals surface area contributed by atoms with Crippen LogP contribution in [0.15, 0.2) is 42.5 Å². The minimum absolute atomic E-state index is 0.0262. The topological polar surface area (TPSA) is 89.5 Å². The van der Waals surface area contributed by atoms with Crippen molar-refractivity contribution in [3.05, 3.63) is 73.8 Å². The molecule has 0 N–H and O–H groups in total. The number of anilines is 2. The lowest BCUT2D eigenvalue weighted by Gasteiger charge is -2.16. The second kappa shape index (κ2) is 6.74. The zero-order chi connectivity index (χ0) is 20.6. The first kappa shape index (κ1) is 19.9. The average Bonchev–Trinajstić information content (AvgIpc) is 2.53. The highest BCUT2D eigenvalue weighted by Crippen LogP contribution is 2.39. The molecule has 0 spiro atoms. The van der Waals surface area contributed by atoms with Gasteiger partial charge in [-0.05, 0) is 36.4 Å². The van der Waals surface area contributed by atoms with Gasteiger partial charge in [-0.2, -0.15) is 26.3 Å². The van der Waals surface area contributed by atoms with E-state index in [4.69, 9.17) is 0 Å². The molecule has 0 aliphatic rings. The van der Waals surface area contributed by atoms with Crippen LogP contribution in [-0.4, -0.2) is 9.96 Å². The molecule has 2 aromatic carbocycles. The van der Waals surface area contributed by atoms with Crippen molar-refractivity contribution in [1.29, 1.82) is 0 Å². The maximum Gasteiger partial charge on any atom is 0.416 e. The molecule has 13 heteroatoms. The van der Waals surface area contributed by atoms with Crippen molar-refractivity contribution in [3.63, 3.8) is 0 Å². The van der Waals surface area contributed by atoms with Gasteiger partial charge in [0, 0.05) is 6.07 Å². The highest BCUT2D eigenvalue weighted by atomic mass is 19.4. The minimum atomic E-state index is -4.93. The highest BCUT2D eigenvalue weighted by molar-refractivity contribution is 5.70. The molecule has 2 aromatic rings. The molecule has 27 heavy (non-hydrogen) atoms. The first-order chi connectivity index (χ1) is 12.3. The van der Waals surface area contributed by atoms with Crippen LogP contribution in [-0.2, 0) is 12.4 Å². The van der Waals surface area contributed by atoms with Crippen molar-refractivity contribution in [3.8, 4) is 0 Å². The van der Waals surface area contributed by atoms with Gasteiger partial charge in [0.15, 0.2) is 10.7 Å². The summed E-state index contributed by atoms with van der Waals surface area (Å²) in [6.07, 6.45) is -9.66. The summed E-state index contributed by atoms with van der Waals surface area (Å²) in [5.74, 6) is 0. The Labute approximate surface area is 145 Å². The largest absolute Gasteiger partial charge is 0.416 e. The second-order valence-corrected chi connectivity index (χ2v) is 5.05. The molecule has 0 bridgehead atoms. The van der Waals surface area contributed by atoms with Crippen LogP contribution in [0, 0.1) is 20.2 Å². The second-order valence-electron chi connectivity index (χ2n) is 5.05. The van der Waals surface area contributed by atoms with Crippen LogP contribution in [0.2, 0.25) is 0 Å². The lowest BCUT2D eigenvalue weighted by atomic mass is 10.1. The number of hydrogen-bond donors (Lipinski definition) is 0. The predicted octanol–water partition coefficient (Wildman–Crippen LogP) is 4.96. The summed E-state index contributed by atoms with van der Waals surface area (Å²) in [5, 5.41) is 21.2. The number of hydrazine groups is 1. The fraction of sp³-hybridized carbons (Fsp3) is 0.143. The van der Waals surface area contributed by atoms with Crippen molar-refractivity contribution in [1.82, 2.24) is 0 Å². The zero-order valence-electron chi connectivity index (χ0n) is 12.8. The van der Waals surface area contributed by atoms with E-state index in [1.807, 2.05) is 0 Å². The number of rotatable bonds is 4. The van der Waals surface area contributed by atoms with E-state index in [9.17, 15) is 46.6 Å². The van der Waals surface area contributed by atoms with Crippen molar-refractivity contribution in [2.24, 2.45) is 0 Å². The number of nitro groups is 2. The van der Waals surface area contributed by atoms with Crippen molar-refractivity contribution < 1.29 is 36.3 Å². The fourth-order valence-electron chi connectivity index (χ4n) is 2.14. The van der Waals surface area contributed by atoms with Gasteiger partial charge in [0.05, 0.1) is 16.1 Å². The smallest absolute Gasteiger partial charge is 0.258 e. The monoisotopic (exact) mass is 395 g/mol. The van der Waals surface area contributed by atoms with Crippen molar-refractivity contribution >= 4 is 17.1 Å². The Morgan fingerprint density at radius 3 is 1.67 bits per heavy atom. The van der Waals surface area contributed by atoms with Gasteiger partial charge in [-0.15, -0.1) is 0 Å². The molecule has 0 atom stereocenters. The molecule has 144 valence electrons. The van der Waals surface area contributed by atoms with Crippen LogP contribution < -0.4 is 5.01 Å². The Morgan fingerprint density at radius 2 is 1.26 bits per heavy atom. The third-order valence-corrected chi connectivity index (χ3v) is 3.33. The molecular weight excluding hydrogens is 388 g/mol. The molecule has 7 nitrogen and oxygen atoms in total. The lowest BCUT2D eigenvalue weighted by Crippen LogP contribution is -2.25. The van der Waals surface area contributed by atoms with Gasteiger partial charge >= 0.3 is 12.4 Å². The standard InChI is InChI=1S/C14H7F6N3O4/c15-13(16,17)8-1-4-10(5-2-8)21(23(26)27)11-6-3-9(14(18,19)20)7-12(11)22(24)25/h1-7H. The van der Waals surface area contributed by atoms with E-state index >= 15 is 0 Å². The molecule has 0 aliphatic carbocycles. The van der Waals surface area contributed by atoms with Crippen molar-refractivity contribution in [2.45, 2.75) is 12.4 Å². The molecule has 0 aliphatic heterocycles. The number of benzene rings is 2. The van der Waals surface area contributed by atoms with E-state index in [1.165, 1.54) is 0 Å². The Hall–Kier alpha value is -3.38. The summed E-state index contributed by atoms with van der Waals surface area (Å²) in [6.45, 7) is 0. The molecule has 0 radical (unpaired) electrons. The van der Waals surface area contributed by atoms with E-state index in [-0.39, 0.29) is 11.1 Å². The molecule has 0 saturated heterocycles. The van der Waals surface area contributed by atoms with Crippen LogP contribution in [0.5, 0.6) is 0 Å². The van der Waals surface area contributed by atoms with Gasteiger partial charge in [-0.3, -0.25) is 10.1 Å². The Kier molecular flexibility index (Phi) is 4.97. The Morgan fingerprint density at radius 1 is 0.778 bits per heavy atom. The van der Waals surface area contributed by atoms with Crippen LogP contribution >= 0.6 is 0 Å². The molecule has 0 saturated carbocycles. The van der Waals surface area contributed by atoms with Crippen molar-refractivity contribution in [2.75, 3.05) is 5.01 Å². The van der Waals surface area contributed by atoms with Gasteiger partial charge in [0.2, 0.25) is 0 Å². The van der Waals surface area contributed by atoms with E-state index in [0.717, 1.165) is 0 Å². The number of nitrogens with zero attached hydrogens (tertiary/aromatic N) is 3. The number of hydrogen-bond acceptors (Lipinski definition) is 4. The summed E-state index contributed by atoms with van der Waals surface area (Å²) in [5.41, 5.74) is -5.14. The molecule has 0 aromatic heterocycles. The summed E-state index contributed by atoms with van der Waals surface area (Å²) in [6, 6.07) is 3.35. The normalized spacial score (nSPS) is 11.9. The molecular formula is C14H7F6N3O4. The van der Waals surface area contributed by atoms with Gasteiger partial charge in [0.25, 0.3) is 5.69 Å². The van der Waals surface area contributed by atoms with Crippen LogP contribution in [0.25, 0.3) is 0 Å². The number of halogens is 6. The van der Waals surface area contributed by atoms with Crippen LogP contribution in [0.3, 0.4) is 0 Å². The zero-order valence-corrected chi connectivity index (χ0v) is 12.8. The van der Waals surface area contributed by atoms with E-state index in [2.05, 4.69) is 0 Å². The third-order valence-electron chi connectivity index (χ3n) is 3.33. The fourth-order valence-corrected chi connectivity index (χ4v) is 2.14. The van der Waals surface area contributed by atoms with E-state index in [1.54, 1.807) is 0 Å². The first-order valence-electron chi connectivity index (χ1n) is 6.79. The van der Waals surface area contributed by atoms with Crippen LogP contribution in [0.1, 0.15) is 11.1 Å². The maximum atomic E-state index is 12.7. The Balaban J connectivity index is 2.60. The minimum Gasteiger partial charge on any atom is -0.258 e. The van der Waals surface area contributed by atoms with Gasteiger partial charge in [-0.25, -0.2) is 10.1 Å². The summed E-state index contributed by atoms with van der Waals surface area (Å²) in [7, 11) is 0. The average molecular weight is 395 g/mol. The number of alkyl halides is 6. The first-order valence-corrected chi connectivity index (χ1v) is 6.79. The molecule has 0 fully saturated rings. The maximum absolute atomic E-state index is 12.7. The van der Waals surface area contributed by atoms with Crippen LogP contribution in [0.4, 0.5) is 43.4 Å². The molecule has 0 amide bonds. The third kappa shape index (κ3) is 4.24. The van der Waals surface area contributed by atoms with Gasteiger partial charge in [-0.1, -0.05) is 5.01 Å². The quantitative estimate of drug-likeness (QED) is 0.415. The SMILES string of the molecule is O=[N+]([O-])c1cc(C(F)(F)F)ccc1N(c1ccc(C(F)(F)F)cc1)[N+](=O)[O-]. The summed E-state index contributed by atoms with van der Waals surface area (Å²) in [4.78, 5) is 21.1. The predicted molar refractivity (Wildman–Crippen MR) is 78.7 cm³/mol. The molecule has 2 rings (SSSR count).